The Bertz CT molecular complexity index is 515. The monoisotopic (exact) mass is 640 g/mol. The molecule has 1 unspecified atom stereocenters. The largest absolute Gasteiger partial charge is 0.395 e. The lowest BCUT2D eigenvalue weighted by atomic mass is 10.0. The molecule has 0 saturated carbocycles. The Kier molecular flexibility index (Phi) is 38.2. The lowest BCUT2D eigenvalue weighted by Gasteiger charge is -2.22. The number of aliphatic hydroxyl groups excluding tert-OH is 2. The molecule has 2 N–H and O–H groups in total. The number of ether oxygens (including phenoxy) is 1. The smallest absolute Gasteiger partial charge is 0.154 e. The van der Waals surface area contributed by atoms with Crippen molar-refractivity contribution in [1.29, 1.82) is 0 Å². The van der Waals surface area contributed by atoms with E-state index in [4.69, 9.17) is 4.74 Å². The highest BCUT2D eigenvalue weighted by Crippen LogP contribution is 2.20. The summed E-state index contributed by atoms with van der Waals surface area (Å²) in [7, 11) is 0. The van der Waals surface area contributed by atoms with Crippen molar-refractivity contribution in [1.82, 2.24) is 4.90 Å². The Hall–Kier alpha value is -0.160. The first-order chi connectivity index (χ1) is 22.2. The quantitative estimate of drug-likeness (QED) is 0.0519. The van der Waals surface area contributed by atoms with Crippen LogP contribution < -0.4 is 0 Å². The van der Waals surface area contributed by atoms with E-state index in [9.17, 15) is 10.2 Å². The molecule has 4 heteroatoms. The second-order valence-electron chi connectivity index (χ2n) is 14.3. The van der Waals surface area contributed by atoms with Gasteiger partial charge in [0, 0.05) is 6.54 Å². The summed E-state index contributed by atoms with van der Waals surface area (Å²) in [6.45, 7) is 10.2. The summed E-state index contributed by atoms with van der Waals surface area (Å²) >= 11 is 0. The number of hydrogen-bond acceptors (Lipinski definition) is 4. The van der Waals surface area contributed by atoms with Crippen LogP contribution in [-0.4, -0.2) is 53.7 Å². The summed E-state index contributed by atoms with van der Waals surface area (Å²) in [4.78, 5) is 2.47. The Balaban J connectivity index is 3.94. The predicted octanol–water partition coefficient (Wildman–Crippen LogP) is 12.5. The molecule has 4 nitrogen and oxygen atoms in total. The zero-order valence-corrected chi connectivity index (χ0v) is 31.4. The Morgan fingerprint density at radius 3 is 1.07 bits per heavy atom. The average molecular weight is 640 g/mol. The fourth-order valence-corrected chi connectivity index (χ4v) is 6.71. The molecule has 0 heterocycles. The minimum absolute atomic E-state index is 0.236. The van der Waals surface area contributed by atoms with E-state index in [2.05, 4.69) is 25.7 Å². The molecule has 0 fully saturated rings. The van der Waals surface area contributed by atoms with Crippen molar-refractivity contribution in [2.24, 2.45) is 0 Å². The van der Waals surface area contributed by atoms with E-state index in [-0.39, 0.29) is 12.7 Å². The number of rotatable bonds is 39. The van der Waals surface area contributed by atoms with E-state index in [0.29, 0.717) is 0 Å². The van der Waals surface area contributed by atoms with E-state index in [1.54, 1.807) is 0 Å². The molecule has 0 aliphatic rings. The maximum absolute atomic E-state index is 10.7. The standard InChI is InChI=1S/C41H85NO3/c1-4-7-10-13-16-17-18-19-20-21-26-31-36-42(38-39-43)37-32-27-22-25-30-35-41(44)45-40(33-28-23-14-11-8-5-2)34-29-24-15-12-9-6-3/h40-41,43-44H,4-39H2,1-3H3. The van der Waals surface area contributed by atoms with Crippen LogP contribution in [0.4, 0.5) is 0 Å². The van der Waals surface area contributed by atoms with Crippen molar-refractivity contribution in [2.45, 2.75) is 239 Å². The van der Waals surface area contributed by atoms with E-state index in [1.807, 2.05) is 0 Å². The van der Waals surface area contributed by atoms with Crippen LogP contribution >= 0.6 is 0 Å². The molecule has 0 aliphatic heterocycles. The number of unbranched alkanes of at least 4 members (excludes halogenated alkanes) is 25. The van der Waals surface area contributed by atoms with Crippen molar-refractivity contribution in [3.05, 3.63) is 0 Å². The third-order valence-electron chi connectivity index (χ3n) is 9.78. The van der Waals surface area contributed by atoms with Crippen LogP contribution in [-0.2, 0) is 4.74 Å². The van der Waals surface area contributed by atoms with Gasteiger partial charge in [0.15, 0.2) is 6.29 Å². The van der Waals surface area contributed by atoms with Gasteiger partial charge < -0.3 is 19.8 Å². The number of nitrogens with zero attached hydrogens (tertiary/aromatic N) is 1. The summed E-state index contributed by atoms with van der Waals surface area (Å²) in [5, 5.41) is 20.2. The Morgan fingerprint density at radius 2 is 0.711 bits per heavy atom. The first kappa shape index (κ1) is 44.8. The third kappa shape index (κ3) is 35.0. The molecule has 0 amide bonds. The van der Waals surface area contributed by atoms with Crippen LogP contribution in [0, 0.1) is 0 Å². The van der Waals surface area contributed by atoms with E-state index in [1.165, 1.54) is 180 Å². The van der Waals surface area contributed by atoms with Crippen LogP contribution in [0.3, 0.4) is 0 Å². The van der Waals surface area contributed by atoms with Crippen molar-refractivity contribution in [2.75, 3.05) is 26.2 Å². The summed E-state index contributed by atoms with van der Waals surface area (Å²) in [6.07, 6.45) is 41.1. The highest BCUT2D eigenvalue weighted by atomic mass is 16.6. The van der Waals surface area contributed by atoms with Gasteiger partial charge in [0.1, 0.15) is 0 Å². The highest BCUT2D eigenvalue weighted by molar-refractivity contribution is 4.63. The Labute approximate surface area is 284 Å². The highest BCUT2D eigenvalue weighted by Gasteiger charge is 2.14. The van der Waals surface area contributed by atoms with Crippen LogP contribution in [0.1, 0.15) is 226 Å². The van der Waals surface area contributed by atoms with Gasteiger partial charge in [-0.3, -0.25) is 0 Å². The Morgan fingerprint density at radius 1 is 0.400 bits per heavy atom. The molecule has 0 spiro atoms. The summed E-state index contributed by atoms with van der Waals surface area (Å²) in [5.74, 6) is 0. The molecule has 0 bridgehead atoms. The molecular weight excluding hydrogens is 554 g/mol. The number of hydrogen-bond donors (Lipinski definition) is 2. The first-order valence-corrected chi connectivity index (χ1v) is 20.8. The van der Waals surface area contributed by atoms with Crippen molar-refractivity contribution >= 4 is 0 Å². The van der Waals surface area contributed by atoms with Gasteiger partial charge in [-0.25, -0.2) is 0 Å². The summed E-state index contributed by atoms with van der Waals surface area (Å²) < 4.78 is 6.21. The normalized spacial score (nSPS) is 12.6. The predicted molar refractivity (Wildman–Crippen MR) is 199 cm³/mol. The second kappa shape index (κ2) is 38.3. The van der Waals surface area contributed by atoms with Gasteiger partial charge >= 0.3 is 0 Å². The van der Waals surface area contributed by atoms with Crippen LogP contribution in [0.5, 0.6) is 0 Å². The van der Waals surface area contributed by atoms with E-state index >= 15 is 0 Å². The van der Waals surface area contributed by atoms with Crippen molar-refractivity contribution < 1.29 is 14.9 Å². The molecule has 0 radical (unpaired) electrons. The van der Waals surface area contributed by atoms with Crippen LogP contribution in [0.25, 0.3) is 0 Å². The maximum atomic E-state index is 10.7. The molecule has 272 valence electrons. The molecule has 1 atom stereocenters. The molecule has 0 aliphatic carbocycles. The molecule has 0 aromatic rings. The van der Waals surface area contributed by atoms with Gasteiger partial charge in [0.2, 0.25) is 0 Å². The van der Waals surface area contributed by atoms with Gasteiger partial charge in [-0.1, -0.05) is 188 Å². The van der Waals surface area contributed by atoms with Gasteiger partial charge in [-0.05, 0) is 51.6 Å². The average Bonchev–Trinajstić information content (AvgIpc) is 3.04. The van der Waals surface area contributed by atoms with E-state index < -0.39 is 6.29 Å². The van der Waals surface area contributed by atoms with Crippen LogP contribution in [0.15, 0.2) is 0 Å². The van der Waals surface area contributed by atoms with Crippen molar-refractivity contribution in [3.8, 4) is 0 Å². The van der Waals surface area contributed by atoms with Gasteiger partial charge in [-0.2, -0.15) is 0 Å². The van der Waals surface area contributed by atoms with Gasteiger partial charge in [-0.15, -0.1) is 0 Å². The van der Waals surface area contributed by atoms with Crippen molar-refractivity contribution in [3.63, 3.8) is 0 Å². The molecule has 0 saturated heterocycles. The molecular formula is C41H85NO3. The third-order valence-corrected chi connectivity index (χ3v) is 9.78. The summed E-state index contributed by atoms with van der Waals surface area (Å²) in [5.41, 5.74) is 0. The lowest BCUT2D eigenvalue weighted by Crippen LogP contribution is -2.29. The van der Waals surface area contributed by atoms with Gasteiger partial charge in [0.05, 0.1) is 12.7 Å². The van der Waals surface area contributed by atoms with Crippen LogP contribution in [0.2, 0.25) is 0 Å². The molecule has 45 heavy (non-hydrogen) atoms. The second-order valence-corrected chi connectivity index (χ2v) is 14.3. The topological polar surface area (TPSA) is 52.9 Å². The summed E-state index contributed by atoms with van der Waals surface area (Å²) in [6, 6.07) is 0. The lowest BCUT2D eigenvalue weighted by molar-refractivity contribution is -0.144. The minimum Gasteiger partial charge on any atom is -0.395 e. The fraction of sp³-hybridized carbons (Fsp3) is 1.00. The molecule has 0 aromatic heterocycles. The zero-order chi connectivity index (χ0) is 32.9. The first-order valence-electron chi connectivity index (χ1n) is 20.8. The van der Waals surface area contributed by atoms with E-state index in [0.717, 1.165) is 45.3 Å². The zero-order valence-electron chi connectivity index (χ0n) is 31.4. The fourth-order valence-electron chi connectivity index (χ4n) is 6.71. The SMILES string of the molecule is CCCCCCCCCCCCCCN(CCO)CCCCCCCC(O)OC(CCCCCCCC)CCCCCCCC. The maximum Gasteiger partial charge on any atom is 0.154 e. The number of aliphatic hydroxyl groups is 2. The van der Waals surface area contributed by atoms with Gasteiger partial charge in [0.25, 0.3) is 0 Å². The minimum atomic E-state index is -0.592. The molecule has 0 rings (SSSR count). The molecule has 0 aromatic carbocycles.